The fraction of sp³-hybridized carbons (Fsp3) is 0.172. The van der Waals surface area contributed by atoms with E-state index in [1.807, 2.05) is 0 Å². The van der Waals surface area contributed by atoms with Gasteiger partial charge in [-0.15, -0.1) is 0 Å². The van der Waals surface area contributed by atoms with Crippen molar-refractivity contribution in [3.63, 3.8) is 0 Å². The molecule has 3 amide bonds. The van der Waals surface area contributed by atoms with Gasteiger partial charge in [0.1, 0.15) is 17.6 Å². The van der Waals surface area contributed by atoms with Crippen LogP contribution in [0.5, 0.6) is 0 Å². The maximum Gasteiger partial charge on any atom is 0.418 e. The van der Waals surface area contributed by atoms with Gasteiger partial charge < -0.3 is 5.32 Å². The van der Waals surface area contributed by atoms with Gasteiger partial charge in [0.15, 0.2) is 0 Å². The maximum absolute atomic E-state index is 13.9. The Bertz CT molecular complexity index is 1840. The summed E-state index contributed by atoms with van der Waals surface area (Å²) in [5.41, 5.74) is -0.808. The number of thiazole rings is 1. The van der Waals surface area contributed by atoms with Crippen molar-refractivity contribution < 1.29 is 31.9 Å². The average molecular weight is 693 g/mol. The number of fused-ring (bicyclic) bond motifs is 2. The van der Waals surface area contributed by atoms with Crippen molar-refractivity contribution in [1.82, 2.24) is 4.57 Å². The first kappa shape index (κ1) is 29.3. The Morgan fingerprint density at radius 3 is 2.37 bits per heavy atom. The first-order chi connectivity index (χ1) is 20.4. The van der Waals surface area contributed by atoms with E-state index in [-0.39, 0.29) is 5.03 Å². The molecule has 3 heterocycles. The molecule has 3 aromatic carbocycles. The molecule has 0 spiro atoms. The zero-order valence-corrected chi connectivity index (χ0v) is 24.8. The number of imide groups is 1. The fourth-order valence-electron chi connectivity index (χ4n) is 5.34. The summed E-state index contributed by atoms with van der Waals surface area (Å²) < 4.78 is 56.9. The van der Waals surface area contributed by atoms with Crippen LogP contribution in [-0.4, -0.2) is 27.5 Å². The largest absolute Gasteiger partial charge is 0.418 e. The quantitative estimate of drug-likeness (QED) is 0.197. The molecule has 0 saturated carbocycles. The molecule has 43 heavy (non-hydrogen) atoms. The second-order valence-electron chi connectivity index (χ2n) is 9.80. The Morgan fingerprint density at radius 1 is 0.953 bits per heavy atom. The molecule has 1 saturated heterocycles. The molecule has 0 radical (unpaired) electrons. The van der Waals surface area contributed by atoms with Crippen LogP contribution in [0.15, 0.2) is 87.1 Å². The molecule has 2 unspecified atom stereocenters. The number of amides is 3. The number of rotatable bonds is 5. The number of benzene rings is 3. The van der Waals surface area contributed by atoms with E-state index in [0.717, 1.165) is 47.4 Å². The number of carbonyl (C=O) groups is 3. The smallest absolute Gasteiger partial charge is 0.325 e. The number of nitrogens with zero attached hydrogens (tertiary/aromatic N) is 2. The van der Waals surface area contributed by atoms with Crippen LogP contribution in [0.4, 0.5) is 28.9 Å². The predicted molar refractivity (Wildman–Crippen MR) is 157 cm³/mol. The summed E-state index contributed by atoms with van der Waals surface area (Å²) in [6.07, 6.45) is -4.82. The Labute approximate surface area is 257 Å². The van der Waals surface area contributed by atoms with Crippen LogP contribution in [0.2, 0.25) is 0 Å². The van der Waals surface area contributed by atoms with E-state index < -0.39 is 69.5 Å². The molecule has 6 rings (SSSR count). The summed E-state index contributed by atoms with van der Waals surface area (Å²) in [7, 11) is 0. The highest BCUT2D eigenvalue weighted by atomic mass is 79.9. The van der Waals surface area contributed by atoms with E-state index in [1.54, 1.807) is 24.3 Å². The van der Waals surface area contributed by atoms with E-state index in [0.29, 0.717) is 25.5 Å². The number of para-hydroxylation sites is 1. The third kappa shape index (κ3) is 5.31. The normalized spacial score (nSPS) is 19.7. The van der Waals surface area contributed by atoms with Crippen LogP contribution in [-0.2, 0) is 27.1 Å². The minimum atomic E-state index is -4.82. The summed E-state index contributed by atoms with van der Waals surface area (Å²) >= 11 is 5.11. The third-order valence-electron chi connectivity index (χ3n) is 7.14. The van der Waals surface area contributed by atoms with Crippen molar-refractivity contribution in [2.75, 3.05) is 10.2 Å². The second-order valence-corrected chi connectivity index (χ2v) is 12.8. The number of aromatic nitrogens is 1. The Morgan fingerprint density at radius 2 is 1.67 bits per heavy atom. The van der Waals surface area contributed by atoms with Gasteiger partial charge in [0.25, 0.3) is 0 Å². The molecule has 4 aromatic rings. The highest BCUT2D eigenvalue weighted by molar-refractivity contribution is 9.10. The summed E-state index contributed by atoms with van der Waals surface area (Å²) in [6, 6.07) is 16.3. The van der Waals surface area contributed by atoms with E-state index in [9.17, 15) is 36.7 Å². The Balaban J connectivity index is 1.43. The lowest BCUT2D eigenvalue weighted by Crippen LogP contribution is -2.33. The molecule has 0 aliphatic carbocycles. The van der Waals surface area contributed by atoms with Gasteiger partial charge >= 0.3 is 11.0 Å². The summed E-state index contributed by atoms with van der Waals surface area (Å²) in [5.74, 6) is -4.70. The zero-order valence-electron chi connectivity index (χ0n) is 21.6. The molecule has 2 aliphatic heterocycles. The van der Waals surface area contributed by atoms with Gasteiger partial charge in [0, 0.05) is 21.0 Å². The SMILES string of the molecule is O=C(Cn1c2c(sc1=O)[C@H](c1cccc(Br)c1)C1C(=O)N(c3ccccc3C(F)(F)F)C(=O)C1S2)Nc1ccc(F)cc1. The van der Waals surface area contributed by atoms with Gasteiger partial charge in [-0.05, 0) is 54.1 Å². The molecule has 1 N–H and O–H groups in total. The van der Waals surface area contributed by atoms with Gasteiger partial charge in [0.2, 0.25) is 17.7 Å². The Hall–Kier alpha value is -3.75. The van der Waals surface area contributed by atoms with Crippen molar-refractivity contribution in [3.05, 3.63) is 109 Å². The third-order valence-corrected chi connectivity index (χ3v) is 10.2. The van der Waals surface area contributed by atoms with Crippen molar-refractivity contribution in [3.8, 4) is 0 Å². The van der Waals surface area contributed by atoms with Crippen LogP contribution < -0.4 is 15.1 Å². The lowest BCUT2D eigenvalue weighted by atomic mass is 9.83. The van der Waals surface area contributed by atoms with Gasteiger partial charge in [-0.1, -0.05) is 63.3 Å². The fourth-order valence-corrected chi connectivity index (χ4v) is 8.53. The molecular formula is C29H18BrF4N3O4S2. The number of carbonyl (C=O) groups excluding carboxylic acids is 3. The maximum atomic E-state index is 13.9. The van der Waals surface area contributed by atoms with Crippen LogP contribution in [0.3, 0.4) is 0 Å². The minimum absolute atomic E-state index is 0.280. The van der Waals surface area contributed by atoms with Crippen molar-refractivity contribution >= 4 is 68.1 Å². The van der Waals surface area contributed by atoms with E-state index in [2.05, 4.69) is 21.2 Å². The molecule has 1 aromatic heterocycles. The summed E-state index contributed by atoms with van der Waals surface area (Å²) in [4.78, 5) is 54.4. The molecule has 2 aliphatic rings. The molecule has 1 fully saturated rings. The van der Waals surface area contributed by atoms with E-state index in [4.69, 9.17) is 0 Å². The number of anilines is 2. The number of thioether (sulfide) groups is 1. The summed E-state index contributed by atoms with van der Waals surface area (Å²) in [6.45, 7) is -0.444. The molecule has 7 nitrogen and oxygen atoms in total. The second kappa shape index (κ2) is 11.1. The number of halogens is 5. The first-order valence-electron chi connectivity index (χ1n) is 12.7. The number of alkyl halides is 3. The zero-order chi connectivity index (χ0) is 30.6. The number of hydrogen-bond acceptors (Lipinski definition) is 6. The molecule has 220 valence electrons. The summed E-state index contributed by atoms with van der Waals surface area (Å²) in [5, 5.41) is 1.71. The standard InChI is InChI=1S/C29H18BrF4N3O4S2/c30-15-5-3-4-14(12-15)21-22-23(26(40)37(25(22)39)19-7-2-1-6-18(19)29(32,33)34)42-27-24(21)43-28(41)36(27)13-20(38)35-17-10-8-16(31)9-11-17/h1-12,21-23H,13H2,(H,35,38)/t21-,22?,23?/m1/s1. The van der Waals surface area contributed by atoms with Gasteiger partial charge in [0.05, 0.1) is 22.2 Å². The van der Waals surface area contributed by atoms with Crippen molar-refractivity contribution in [2.45, 2.75) is 28.9 Å². The highest BCUT2D eigenvalue weighted by Crippen LogP contribution is 2.54. The average Bonchev–Trinajstić information content (AvgIpc) is 3.39. The molecule has 3 atom stereocenters. The van der Waals surface area contributed by atoms with Gasteiger partial charge in [-0.2, -0.15) is 13.2 Å². The van der Waals surface area contributed by atoms with Crippen LogP contribution in [0, 0.1) is 11.7 Å². The van der Waals surface area contributed by atoms with E-state index in [1.165, 1.54) is 28.8 Å². The van der Waals surface area contributed by atoms with Crippen LogP contribution >= 0.6 is 39.0 Å². The van der Waals surface area contributed by atoms with E-state index >= 15 is 0 Å². The molecule has 0 bridgehead atoms. The molecular weight excluding hydrogens is 674 g/mol. The highest BCUT2D eigenvalue weighted by Gasteiger charge is 2.57. The van der Waals surface area contributed by atoms with Crippen molar-refractivity contribution in [1.29, 1.82) is 0 Å². The lowest BCUT2D eigenvalue weighted by molar-refractivity contribution is -0.137. The lowest BCUT2D eigenvalue weighted by Gasteiger charge is -2.30. The number of nitrogens with one attached hydrogen (secondary N) is 1. The predicted octanol–water partition coefficient (Wildman–Crippen LogP) is 6.26. The Kier molecular flexibility index (Phi) is 7.55. The van der Waals surface area contributed by atoms with Gasteiger partial charge in [-0.3, -0.25) is 23.7 Å². The first-order valence-corrected chi connectivity index (χ1v) is 15.2. The number of hydrogen-bond donors (Lipinski definition) is 1. The van der Waals surface area contributed by atoms with Crippen LogP contribution in [0.25, 0.3) is 0 Å². The van der Waals surface area contributed by atoms with Crippen LogP contribution in [0.1, 0.15) is 21.9 Å². The monoisotopic (exact) mass is 691 g/mol. The molecule has 14 heteroatoms. The topological polar surface area (TPSA) is 88.5 Å². The minimum Gasteiger partial charge on any atom is -0.325 e. The van der Waals surface area contributed by atoms with Gasteiger partial charge in [-0.25, -0.2) is 9.29 Å². The van der Waals surface area contributed by atoms with Crippen molar-refractivity contribution in [2.24, 2.45) is 5.92 Å².